The number of hydrogen-bond donors (Lipinski definition) is 1. The second-order valence-corrected chi connectivity index (χ2v) is 4.51. The fraction of sp³-hybridized carbons (Fsp3) is 0.143. The Labute approximate surface area is 135 Å². The minimum Gasteiger partial charge on any atom is -0.478 e. The third-order valence-electron chi connectivity index (χ3n) is 2.72. The third kappa shape index (κ3) is 5.67. The number of nitro benzene ring substituents is 1. The quantitative estimate of drug-likeness (QED) is 0.662. The molecule has 0 fully saturated rings. The van der Waals surface area contributed by atoms with Gasteiger partial charge in [0.05, 0.1) is 16.7 Å². The highest BCUT2D eigenvalue weighted by molar-refractivity contribution is 5.88. The summed E-state index contributed by atoms with van der Waals surface area (Å²) in [6.07, 6.45) is 1.30. The number of benzene rings is 1. The lowest BCUT2D eigenvalue weighted by Crippen LogP contribution is -2.03. The van der Waals surface area contributed by atoms with Crippen LogP contribution in [0.1, 0.15) is 21.6 Å². The third-order valence-corrected chi connectivity index (χ3v) is 2.72. The summed E-state index contributed by atoms with van der Waals surface area (Å²) in [5.41, 5.74) is 1.01. The monoisotopic (exact) mass is 335 g/mol. The van der Waals surface area contributed by atoms with Gasteiger partial charge in [0.2, 0.25) is 0 Å². The second kappa shape index (κ2) is 8.17. The molecule has 0 radical (unpaired) electrons. The molecule has 2 aromatic rings. The number of nitrogens with zero attached hydrogens (tertiary/aromatic N) is 3. The van der Waals surface area contributed by atoms with E-state index in [9.17, 15) is 25.0 Å². The molecule has 0 saturated heterocycles. The fourth-order valence-electron chi connectivity index (χ4n) is 1.53. The molecule has 0 saturated carbocycles. The van der Waals surface area contributed by atoms with Gasteiger partial charge in [0.1, 0.15) is 5.75 Å². The molecule has 0 aliphatic carbocycles. The van der Waals surface area contributed by atoms with E-state index in [-0.39, 0.29) is 17.0 Å². The highest BCUT2D eigenvalue weighted by atomic mass is 17.0. The van der Waals surface area contributed by atoms with Gasteiger partial charge < -0.3 is 5.11 Å². The van der Waals surface area contributed by atoms with Gasteiger partial charge in [-0.1, -0.05) is 6.07 Å². The molecule has 10 nitrogen and oxygen atoms in total. The lowest BCUT2D eigenvalue weighted by Gasteiger charge is -1.97. The van der Waals surface area contributed by atoms with Gasteiger partial charge >= 0.3 is 5.97 Å². The minimum atomic E-state index is -1.16. The van der Waals surface area contributed by atoms with Crippen molar-refractivity contribution in [3.63, 3.8) is 0 Å². The largest absolute Gasteiger partial charge is 0.478 e. The number of nitro groups is 1. The van der Waals surface area contributed by atoms with Crippen LogP contribution in [0.25, 0.3) is 0 Å². The fourth-order valence-corrected chi connectivity index (χ4v) is 1.53. The Bertz CT molecular complexity index is 759. The van der Waals surface area contributed by atoms with Crippen LogP contribution >= 0.6 is 0 Å². The predicted molar refractivity (Wildman–Crippen MR) is 81.4 cm³/mol. The van der Waals surface area contributed by atoms with Gasteiger partial charge in [0.25, 0.3) is 10.8 Å². The molecular weight excluding hydrogens is 322 g/mol. The van der Waals surface area contributed by atoms with Crippen molar-refractivity contribution in [2.24, 2.45) is 0 Å². The van der Waals surface area contributed by atoms with E-state index < -0.39 is 16.0 Å². The molecule has 0 unspecified atom stereocenters. The average Bonchev–Trinajstić information content (AvgIpc) is 2.49. The lowest BCUT2D eigenvalue weighted by atomic mass is 10.1. The topological polar surface area (TPSA) is 146 Å². The zero-order valence-corrected chi connectivity index (χ0v) is 12.7. The molecule has 10 heteroatoms. The Kier molecular flexibility index (Phi) is 6.30. The van der Waals surface area contributed by atoms with E-state index in [1.165, 1.54) is 24.4 Å². The summed E-state index contributed by atoms with van der Waals surface area (Å²) in [5, 5.41) is 27.9. The number of hydrogen-bond acceptors (Lipinski definition) is 7. The summed E-state index contributed by atoms with van der Waals surface area (Å²) < 4.78 is 0. The van der Waals surface area contributed by atoms with Gasteiger partial charge in [-0.3, -0.25) is 19.9 Å². The van der Waals surface area contributed by atoms with Crippen molar-refractivity contribution < 1.29 is 24.7 Å². The zero-order chi connectivity index (χ0) is 18.3. The normalized spacial score (nSPS) is 9.42. The Morgan fingerprint density at radius 1 is 1.17 bits per heavy atom. The minimum absolute atomic E-state index is 0.0719. The molecule has 2 rings (SSSR count). The highest BCUT2D eigenvalue weighted by Crippen LogP contribution is 2.18. The van der Waals surface area contributed by atoms with Gasteiger partial charge in [0.15, 0.2) is 0 Å². The zero-order valence-electron chi connectivity index (χ0n) is 12.7. The summed E-state index contributed by atoms with van der Waals surface area (Å²) in [5.74, 6) is -1.02. The van der Waals surface area contributed by atoms with Crippen LogP contribution in [0.15, 0.2) is 36.5 Å². The smallest absolute Gasteiger partial charge is 0.335 e. The van der Waals surface area contributed by atoms with Crippen LogP contribution in [0.5, 0.6) is 5.75 Å². The summed E-state index contributed by atoms with van der Waals surface area (Å²) >= 11 is 0. The number of aryl methyl sites for hydroxylation is 2. The molecule has 1 heterocycles. The lowest BCUT2D eigenvalue weighted by molar-refractivity contribution is -0.711. The van der Waals surface area contributed by atoms with E-state index in [1.807, 2.05) is 0 Å². The Balaban J connectivity index is 0.000000243. The number of carbonyl (C=O) groups is 1. The number of carboxylic acids is 1. The molecular formula is C14H13N3O7. The maximum Gasteiger partial charge on any atom is 0.335 e. The molecule has 0 atom stereocenters. The first-order valence-corrected chi connectivity index (χ1v) is 6.44. The first-order valence-electron chi connectivity index (χ1n) is 6.44. The van der Waals surface area contributed by atoms with Gasteiger partial charge in [-0.15, -0.1) is 10.1 Å². The van der Waals surface area contributed by atoms with E-state index >= 15 is 0 Å². The number of aromatic nitrogens is 1. The van der Waals surface area contributed by atoms with E-state index in [0.29, 0.717) is 5.56 Å². The van der Waals surface area contributed by atoms with Gasteiger partial charge in [0, 0.05) is 17.3 Å². The first kappa shape index (κ1) is 18.5. The van der Waals surface area contributed by atoms with Crippen molar-refractivity contribution >= 4 is 11.7 Å². The molecule has 1 aromatic carbocycles. The number of aromatic carboxylic acids is 1. The van der Waals surface area contributed by atoms with Crippen LogP contribution in [0.3, 0.4) is 0 Å². The van der Waals surface area contributed by atoms with Crippen molar-refractivity contribution in [3.05, 3.63) is 73.6 Å². The van der Waals surface area contributed by atoms with Crippen LogP contribution in [0.2, 0.25) is 0 Å². The maximum atomic E-state index is 10.5. The van der Waals surface area contributed by atoms with Crippen molar-refractivity contribution in [1.82, 2.24) is 4.98 Å². The van der Waals surface area contributed by atoms with Crippen LogP contribution < -0.4 is 4.84 Å². The molecule has 126 valence electrons. The summed E-state index contributed by atoms with van der Waals surface area (Å²) in [6, 6.07) is 6.94. The Morgan fingerprint density at radius 2 is 1.83 bits per heavy atom. The molecule has 1 N–H and O–H groups in total. The van der Waals surface area contributed by atoms with E-state index in [2.05, 4.69) is 9.82 Å². The SMILES string of the molecule is Cc1ccc(C(=O)O)cc1[N+](=O)[O-].Cc1ccc(O[N+](=O)[O-])cn1. The molecule has 0 bridgehead atoms. The van der Waals surface area contributed by atoms with E-state index in [1.54, 1.807) is 19.9 Å². The first-order chi connectivity index (χ1) is 11.2. The number of carboxylic acid groups (broad SMARTS) is 1. The summed E-state index contributed by atoms with van der Waals surface area (Å²) in [7, 11) is 0. The highest BCUT2D eigenvalue weighted by Gasteiger charge is 2.13. The van der Waals surface area contributed by atoms with Crippen molar-refractivity contribution in [2.45, 2.75) is 13.8 Å². The summed E-state index contributed by atoms with van der Waals surface area (Å²) in [4.78, 5) is 38.0. The Hall–Kier alpha value is -3.56. The number of pyridine rings is 1. The van der Waals surface area contributed by atoms with Crippen LogP contribution in [-0.2, 0) is 0 Å². The molecule has 0 spiro atoms. The van der Waals surface area contributed by atoms with Crippen LogP contribution in [0, 0.1) is 34.1 Å². The average molecular weight is 335 g/mol. The van der Waals surface area contributed by atoms with E-state index in [0.717, 1.165) is 11.8 Å². The molecule has 0 aliphatic heterocycles. The molecule has 24 heavy (non-hydrogen) atoms. The Morgan fingerprint density at radius 3 is 2.29 bits per heavy atom. The van der Waals surface area contributed by atoms with Crippen molar-refractivity contribution in [1.29, 1.82) is 0 Å². The van der Waals surface area contributed by atoms with Crippen LogP contribution in [-0.4, -0.2) is 26.1 Å². The molecule has 1 aromatic heterocycles. The van der Waals surface area contributed by atoms with Crippen molar-refractivity contribution in [3.8, 4) is 5.75 Å². The maximum absolute atomic E-state index is 10.5. The standard InChI is InChI=1S/C8H7NO4.C6H6N2O3/c1-5-2-3-6(8(10)11)4-7(5)9(12)13;1-5-2-3-6(4-7-5)11-8(9)10/h2-4H,1H3,(H,10,11);2-4H,1H3. The summed E-state index contributed by atoms with van der Waals surface area (Å²) in [6.45, 7) is 3.35. The van der Waals surface area contributed by atoms with Crippen LogP contribution in [0.4, 0.5) is 5.69 Å². The number of rotatable bonds is 4. The van der Waals surface area contributed by atoms with E-state index in [4.69, 9.17) is 5.11 Å². The van der Waals surface area contributed by atoms with Gasteiger partial charge in [-0.05, 0) is 32.0 Å². The predicted octanol–water partition coefficient (Wildman–Crippen LogP) is 2.56. The van der Waals surface area contributed by atoms with Gasteiger partial charge in [-0.2, -0.15) is 0 Å². The second-order valence-electron chi connectivity index (χ2n) is 4.51. The van der Waals surface area contributed by atoms with Gasteiger partial charge in [-0.25, -0.2) is 4.79 Å². The van der Waals surface area contributed by atoms with Crippen molar-refractivity contribution in [2.75, 3.05) is 0 Å². The molecule has 0 amide bonds. The molecule has 0 aliphatic rings.